The van der Waals surface area contributed by atoms with E-state index in [9.17, 15) is 10.5 Å². The molecule has 5 aromatic rings. The average Bonchev–Trinajstić information content (AvgIpc) is 3.02. The highest BCUT2D eigenvalue weighted by atomic mass is 15.2. The largest absolute Gasteiger partial charge is 0.310 e. The van der Waals surface area contributed by atoms with Crippen molar-refractivity contribution in [1.82, 2.24) is 0 Å². The molecule has 0 aliphatic carbocycles. The molecule has 2 aliphatic heterocycles. The Kier molecular flexibility index (Phi) is 5.55. The molecule has 0 aromatic heterocycles. The van der Waals surface area contributed by atoms with Crippen LogP contribution in [0.2, 0.25) is 0 Å². The first-order chi connectivity index (χ1) is 20.3. The van der Waals surface area contributed by atoms with Crippen LogP contribution in [-0.2, 0) is 10.8 Å². The van der Waals surface area contributed by atoms with E-state index in [1.807, 2.05) is 48.5 Å². The van der Waals surface area contributed by atoms with Crippen molar-refractivity contribution >= 4 is 34.1 Å². The Labute approximate surface area is 247 Å². The second-order valence-electron chi connectivity index (χ2n) is 12.2. The number of para-hydroxylation sites is 2. The number of nitrogens with zero attached hydrogens (tertiary/aromatic N) is 4. The van der Waals surface area contributed by atoms with Crippen molar-refractivity contribution in [3.8, 4) is 12.1 Å². The molecule has 7 rings (SSSR count). The lowest BCUT2D eigenvalue weighted by Gasteiger charge is -2.49. The maximum absolute atomic E-state index is 9.40. The fourth-order valence-corrected chi connectivity index (χ4v) is 6.83. The third kappa shape index (κ3) is 3.59. The molecule has 5 aromatic carbocycles. The number of anilines is 6. The van der Waals surface area contributed by atoms with Gasteiger partial charge in [0, 0.05) is 27.9 Å². The molecule has 0 N–H and O–H groups in total. The van der Waals surface area contributed by atoms with E-state index in [1.165, 1.54) is 39.3 Å². The Morgan fingerprint density at radius 1 is 0.524 bits per heavy atom. The van der Waals surface area contributed by atoms with Gasteiger partial charge >= 0.3 is 0 Å². The van der Waals surface area contributed by atoms with Crippen LogP contribution in [0.15, 0.2) is 109 Å². The lowest BCUT2D eigenvalue weighted by atomic mass is 9.66. The highest BCUT2D eigenvalue weighted by Crippen LogP contribution is 2.60. The van der Waals surface area contributed by atoms with E-state index in [0.717, 1.165) is 17.1 Å². The summed E-state index contributed by atoms with van der Waals surface area (Å²) >= 11 is 0. The summed E-state index contributed by atoms with van der Waals surface area (Å²) in [5, 5.41) is 18.8. The van der Waals surface area contributed by atoms with Crippen LogP contribution in [0.1, 0.15) is 61.1 Å². The summed E-state index contributed by atoms with van der Waals surface area (Å²) in [6, 6.07) is 42.0. The van der Waals surface area contributed by atoms with Crippen molar-refractivity contribution in [2.24, 2.45) is 0 Å². The Morgan fingerprint density at radius 2 is 1.00 bits per heavy atom. The monoisotopic (exact) mass is 542 g/mol. The molecular weight excluding hydrogens is 512 g/mol. The molecular formula is C38H30N4. The molecule has 0 unspecified atom stereocenters. The Balaban J connectivity index is 1.46. The van der Waals surface area contributed by atoms with Gasteiger partial charge in [-0.15, -0.1) is 0 Å². The van der Waals surface area contributed by atoms with E-state index in [2.05, 4.69) is 110 Å². The molecule has 0 amide bonds. The molecule has 4 heteroatoms. The van der Waals surface area contributed by atoms with Crippen LogP contribution in [0.5, 0.6) is 0 Å². The van der Waals surface area contributed by atoms with Crippen molar-refractivity contribution in [3.05, 3.63) is 143 Å². The first kappa shape index (κ1) is 25.6. The van der Waals surface area contributed by atoms with Crippen molar-refractivity contribution in [1.29, 1.82) is 10.5 Å². The average molecular weight is 543 g/mol. The smallest absolute Gasteiger partial charge is 0.0991 e. The van der Waals surface area contributed by atoms with E-state index in [1.54, 1.807) is 0 Å². The van der Waals surface area contributed by atoms with Crippen LogP contribution in [0.4, 0.5) is 34.1 Å². The number of hydrogen-bond donors (Lipinski definition) is 0. The number of hydrogen-bond acceptors (Lipinski definition) is 4. The molecule has 0 radical (unpaired) electrons. The van der Waals surface area contributed by atoms with Gasteiger partial charge in [0.15, 0.2) is 0 Å². The van der Waals surface area contributed by atoms with Crippen LogP contribution >= 0.6 is 0 Å². The van der Waals surface area contributed by atoms with Gasteiger partial charge in [-0.3, -0.25) is 0 Å². The fourth-order valence-electron chi connectivity index (χ4n) is 6.83. The molecule has 42 heavy (non-hydrogen) atoms. The summed E-state index contributed by atoms with van der Waals surface area (Å²) in [6.45, 7) is 9.31. The summed E-state index contributed by atoms with van der Waals surface area (Å²) in [7, 11) is 0. The Hall–Kier alpha value is -5.32. The predicted octanol–water partition coefficient (Wildman–Crippen LogP) is 9.65. The van der Waals surface area contributed by atoms with E-state index >= 15 is 0 Å². The van der Waals surface area contributed by atoms with Gasteiger partial charge in [-0.05, 0) is 95.1 Å². The minimum atomic E-state index is -0.253. The summed E-state index contributed by atoms with van der Waals surface area (Å²) in [5.74, 6) is 0. The SMILES string of the molecule is CC1(C)c2ccccc2N2c3ccc(N(c4ccc(C#N)cc4)c4ccc(C#N)cc4)cc3C(C)(C)c3cccc1c32. The zero-order chi connectivity index (χ0) is 29.2. The normalized spacial score (nSPS) is 15.0. The molecule has 2 heterocycles. The van der Waals surface area contributed by atoms with Gasteiger partial charge in [-0.2, -0.15) is 10.5 Å². The predicted molar refractivity (Wildman–Crippen MR) is 169 cm³/mol. The molecule has 0 fully saturated rings. The molecule has 2 aliphatic rings. The number of fused-ring (bicyclic) bond motifs is 4. The van der Waals surface area contributed by atoms with E-state index in [0.29, 0.717) is 11.1 Å². The minimum Gasteiger partial charge on any atom is -0.310 e. The van der Waals surface area contributed by atoms with Gasteiger partial charge in [-0.1, -0.05) is 64.1 Å². The second kappa shape index (κ2) is 9.10. The van der Waals surface area contributed by atoms with Crippen LogP contribution in [0.3, 0.4) is 0 Å². The molecule has 0 atom stereocenters. The molecule has 0 bridgehead atoms. The van der Waals surface area contributed by atoms with E-state index < -0.39 is 0 Å². The third-order valence-corrected chi connectivity index (χ3v) is 9.09. The van der Waals surface area contributed by atoms with E-state index in [-0.39, 0.29) is 10.8 Å². The van der Waals surface area contributed by atoms with Crippen molar-refractivity contribution in [2.45, 2.75) is 38.5 Å². The lowest BCUT2D eigenvalue weighted by Crippen LogP contribution is -2.38. The number of nitriles is 2. The fraction of sp³-hybridized carbons (Fsp3) is 0.158. The maximum Gasteiger partial charge on any atom is 0.0991 e. The van der Waals surface area contributed by atoms with Crippen molar-refractivity contribution < 1.29 is 0 Å². The molecule has 0 saturated heterocycles. The second-order valence-corrected chi connectivity index (χ2v) is 12.2. The topological polar surface area (TPSA) is 54.1 Å². The lowest BCUT2D eigenvalue weighted by molar-refractivity contribution is 0.597. The minimum absolute atomic E-state index is 0.117. The Morgan fingerprint density at radius 3 is 1.57 bits per heavy atom. The first-order valence-corrected chi connectivity index (χ1v) is 14.2. The van der Waals surface area contributed by atoms with Crippen molar-refractivity contribution in [3.63, 3.8) is 0 Å². The van der Waals surface area contributed by atoms with Gasteiger partial charge in [0.05, 0.1) is 40.3 Å². The highest BCUT2D eigenvalue weighted by Gasteiger charge is 2.45. The standard InChI is InChI=1S/C38H30N4/c1-37(2)30-8-5-6-11-34(30)42-35-21-20-29(22-33(35)38(3,4)32-10-7-9-31(37)36(32)42)41(27-16-12-25(23-39)13-17-27)28-18-14-26(24-40)15-19-28/h5-22H,1-4H3. The van der Waals surface area contributed by atoms with Gasteiger partial charge in [0.2, 0.25) is 0 Å². The molecule has 0 saturated carbocycles. The van der Waals surface area contributed by atoms with Crippen LogP contribution in [-0.4, -0.2) is 0 Å². The van der Waals surface area contributed by atoms with Crippen molar-refractivity contribution in [2.75, 3.05) is 9.80 Å². The summed E-state index contributed by atoms with van der Waals surface area (Å²) in [5.41, 5.74) is 12.7. The quantitative estimate of drug-likeness (QED) is 0.228. The zero-order valence-corrected chi connectivity index (χ0v) is 24.2. The van der Waals surface area contributed by atoms with Crippen LogP contribution < -0.4 is 9.80 Å². The maximum atomic E-state index is 9.40. The highest BCUT2D eigenvalue weighted by molar-refractivity contribution is 5.93. The molecule has 0 spiro atoms. The summed E-state index contributed by atoms with van der Waals surface area (Å²) in [6.07, 6.45) is 0. The number of benzene rings is 5. The summed E-state index contributed by atoms with van der Waals surface area (Å²) in [4.78, 5) is 4.65. The third-order valence-electron chi connectivity index (χ3n) is 9.09. The van der Waals surface area contributed by atoms with Gasteiger partial charge in [0.25, 0.3) is 0 Å². The summed E-state index contributed by atoms with van der Waals surface area (Å²) < 4.78 is 0. The molecule has 4 nitrogen and oxygen atoms in total. The van der Waals surface area contributed by atoms with Gasteiger partial charge < -0.3 is 9.80 Å². The zero-order valence-electron chi connectivity index (χ0n) is 24.2. The first-order valence-electron chi connectivity index (χ1n) is 14.2. The van der Waals surface area contributed by atoms with E-state index in [4.69, 9.17) is 0 Å². The molecule has 202 valence electrons. The Bertz CT molecular complexity index is 1890. The van der Waals surface area contributed by atoms with Crippen LogP contribution in [0.25, 0.3) is 0 Å². The van der Waals surface area contributed by atoms with Gasteiger partial charge in [0.1, 0.15) is 0 Å². The number of rotatable bonds is 3. The van der Waals surface area contributed by atoms with Crippen LogP contribution in [0, 0.1) is 22.7 Å². The van der Waals surface area contributed by atoms with Gasteiger partial charge in [-0.25, -0.2) is 0 Å².